The number of hydrogen-bond donors (Lipinski definition) is 1. The van der Waals surface area contributed by atoms with Crippen molar-refractivity contribution in [2.75, 3.05) is 13.2 Å². The van der Waals surface area contributed by atoms with Gasteiger partial charge in [0.05, 0.1) is 10.5 Å². The highest BCUT2D eigenvalue weighted by atomic mass is 35.5. The third kappa shape index (κ3) is 4.18. The second-order valence-corrected chi connectivity index (χ2v) is 5.18. The first-order valence-electron chi connectivity index (χ1n) is 6.13. The Morgan fingerprint density at radius 2 is 2.15 bits per heavy atom. The molecule has 1 rings (SSSR count). The maximum atomic E-state index is 12.0. The van der Waals surface area contributed by atoms with Crippen LogP contribution in [0, 0.1) is 10.1 Å². The molecule has 0 saturated heterocycles. The first-order valence-corrected chi connectivity index (χ1v) is 6.51. The third-order valence-electron chi connectivity index (χ3n) is 2.62. The first-order chi connectivity index (χ1) is 9.28. The SMILES string of the molecule is CCOC(C)(C)CNC(=O)c1cccc(Cl)c1[N+](=O)[O-]. The number of benzene rings is 1. The number of para-hydroxylation sites is 1. The van der Waals surface area contributed by atoms with E-state index in [0.29, 0.717) is 6.61 Å². The molecule has 0 atom stereocenters. The Hall–Kier alpha value is -1.66. The lowest BCUT2D eigenvalue weighted by atomic mass is 10.1. The summed E-state index contributed by atoms with van der Waals surface area (Å²) in [6.45, 7) is 6.25. The van der Waals surface area contributed by atoms with Gasteiger partial charge in [-0.25, -0.2) is 0 Å². The van der Waals surface area contributed by atoms with Gasteiger partial charge in [-0.15, -0.1) is 0 Å². The highest BCUT2D eigenvalue weighted by Crippen LogP contribution is 2.28. The van der Waals surface area contributed by atoms with Crippen LogP contribution in [-0.4, -0.2) is 29.6 Å². The number of ether oxygens (including phenoxy) is 1. The maximum Gasteiger partial charge on any atom is 0.300 e. The van der Waals surface area contributed by atoms with Crippen molar-refractivity contribution in [1.82, 2.24) is 5.32 Å². The van der Waals surface area contributed by atoms with E-state index < -0.39 is 16.4 Å². The number of rotatable bonds is 6. The number of nitrogens with zero attached hydrogens (tertiary/aromatic N) is 1. The minimum absolute atomic E-state index is 0.0604. The van der Waals surface area contributed by atoms with Crippen LogP contribution in [0.4, 0.5) is 5.69 Å². The van der Waals surface area contributed by atoms with Crippen molar-refractivity contribution in [2.24, 2.45) is 0 Å². The van der Waals surface area contributed by atoms with Crippen LogP contribution >= 0.6 is 11.6 Å². The molecule has 0 aliphatic carbocycles. The minimum atomic E-state index is -0.662. The van der Waals surface area contributed by atoms with E-state index in [2.05, 4.69) is 5.32 Å². The molecule has 0 aliphatic heterocycles. The van der Waals surface area contributed by atoms with Gasteiger partial charge in [0.2, 0.25) is 0 Å². The quantitative estimate of drug-likeness (QED) is 0.647. The van der Waals surface area contributed by atoms with E-state index in [1.807, 2.05) is 20.8 Å². The molecule has 6 nitrogen and oxygen atoms in total. The molecule has 0 spiro atoms. The zero-order valence-electron chi connectivity index (χ0n) is 11.6. The van der Waals surface area contributed by atoms with Crippen LogP contribution < -0.4 is 5.32 Å². The van der Waals surface area contributed by atoms with E-state index in [-0.39, 0.29) is 22.8 Å². The molecular formula is C13H17ClN2O4. The van der Waals surface area contributed by atoms with Crippen molar-refractivity contribution >= 4 is 23.2 Å². The molecule has 0 aliphatic rings. The smallest absolute Gasteiger partial charge is 0.300 e. The molecule has 0 aromatic heterocycles. The average Bonchev–Trinajstić information content (AvgIpc) is 2.35. The van der Waals surface area contributed by atoms with Gasteiger partial charge in [0.25, 0.3) is 5.91 Å². The lowest BCUT2D eigenvalue weighted by Crippen LogP contribution is -2.40. The molecular weight excluding hydrogens is 284 g/mol. The Balaban J connectivity index is 2.89. The van der Waals surface area contributed by atoms with Gasteiger partial charge in [-0.2, -0.15) is 0 Å². The Labute approximate surface area is 122 Å². The normalized spacial score (nSPS) is 11.2. The molecule has 0 bridgehead atoms. The van der Waals surface area contributed by atoms with Crippen molar-refractivity contribution in [1.29, 1.82) is 0 Å². The molecule has 1 N–H and O–H groups in total. The van der Waals surface area contributed by atoms with Crippen LogP contribution in [0.2, 0.25) is 5.02 Å². The van der Waals surface area contributed by atoms with Gasteiger partial charge in [-0.1, -0.05) is 17.7 Å². The predicted molar refractivity (Wildman–Crippen MR) is 76.1 cm³/mol. The summed E-state index contributed by atoms with van der Waals surface area (Å²) in [7, 11) is 0. The summed E-state index contributed by atoms with van der Waals surface area (Å²) in [5.74, 6) is -0.549. The van der Waals surface area contributed by atoms with Crippen LogP contribution in [0.3, 0.4) is 0 Å². The molecule has 0 fully saturated rings. The fraction of sp³-hybridized carbons (Fsp3) is 0.462. The summed E-state index contributed by atoms with van der Waals surface area (Å²) in [4.78, 5) is 22.3. The highest BCUT2D eigenvalue weighted by Gasteiger charge is 2.25. The van der Waals surface area contributed by atoms with E-state index in [1.165, 1.54) is 18.2 Å². The van der Waals surface area contributed by atoms with Gasteiger partial charge in [0.1, 0.15) is 10.6 Å². The summed E-state index contributed by atoms with van der Waals surface area (Å²) < 4.78 is 5.44. The summed E-state index contributed by atoms with van der Waals surface area (Å²) in [5.41, 5.74) is -0.992. The largest absolute Gasteiger partial charge is 0.374 e. The fourth-order valence-electron chi connectivity index (χ4n) is 1.71. The molecule has 0 saturated carbocycles. The molecule has 0 radical (unpaired) electrons. The number of nitro benzene ring substituents is 1. The number of nitro groups is 1. The van der Waals surface area contributed by atoms with Crippen molar-refractivity contribution in [3.63, 3.8) is 0 Å². The summed E-state index contributed by atoms with van der Waals surface area (Å²) in [5, 5.41) is 13.5. The Morgan fingerprint density at radius 3 is 2.70 bits per heavy atom. The second-order valence-electron chi connectivity index (χ2n) is 4.77. The lowest BCUT2D eigenvalue weighted by molar-refractivity contribution is -0.385. The molecule has 0 unspecified atom stereocenters. The molecule has 1 aromatic carbocycles. The Bertz CT molecular complexity index is 517. The van der Waals surface area contributed by atoms with E-state index in [9.17, 15) is 14.9 Å². The van der Waals surface area contributed by atoms with Crippen LogP contribution in [0.25, 0.3) is 0 Å². The van der Waals surface area contributed by atoms with Crippen LogP contribution in [-0.2, 0) is 4.74 Å². The Kier molecular flexibility index (Phi) is 5.47. The average molecular weight is 301 g/mol. The maximum absolute atomic E-state index is 12.0. The van der Waals surface area contributed by atoms with E-state index in [0.717, 1.165) is 0 Å². The van der Waals surface area contributed by atoms with Crippen LogP contribution in [0.15, 0.2) is 18.2 Å². The van der Waals surface area contributed by atoms with Crippen molar-refractivity contribution < 1.29 is 14.5 Å². The number of amides is 1. The first kappa shape index (κ1) is 16.4. The van der Waals surface area contributed by atoms with Crippen LogP contribution in [0.1, 0.15) is 31.1 Å². The summed E-state index contributed by atoms with van der Waals surface area (Å²) in [6, 6.07) is 4.24. The molecule has 20 heavy (non-hydrogen) atoms. The van der Waals surface area contributed by atoms with E-state index in [1.54, 1.807) is 0 Å². The monoisotopic (exact) mass is 300 g/mol. The number of nitrogens with one attached hydrogen (secondary N) is 1. The van der Waals surface area contributed by atoms with Crippen LogP contribution in [0.5, 0.6) is 0 Å². The number of carbonyl (C=O) groups excluding carboxylic acids is 1. The van der Waals surface area contributed by atoms with Gasteiger partial charge in [-0.05, 0) is 32.9 Å². The van der Waals surface area contributed by atoms with Gasteiger partial charge < -0.3 is 10.1 Å². The fourth-order valence-corrected chi connectivity index (χ4v) is 1.96. The zero-order chi connectivity index (χ0) is 15.3. The van der Waals surface area contributed by atoms with E-state index in [4.69, 9.17) is 16.3 Å². The zero-order valence-corrected chi connectivity index (χ0v) is 12.4. The van der Waals surface area contributed by atoms with Gasteiger partial charge in [0, 0.05) is 13.2 Å². The highest BCUT2D eigenvalue weighted by molar-refractivity contribution is 6.33. The second kappa shape index (κ2) is 6.67. The topological polar surface area (TPSA) is 81.5 Å². The third-order valence-corrected chi connectivity index (χ3v) is 2.93. The summed E-state index contributed by atoms with van der Waals surface area (Å²) in [6.07, 6.45) is 0. The summed E-state index contributed by atoms with van der Waals surface area (Å²) >= 11 is 5.76. The molecule has 0 heterocycles. The number of hydrogen-bond acceptors (Lipinski definition) is 4. The van der Waals surface area contributed by atoms with E-state index >= 15 is 0 Å². The number of halogens is 1. The molecule has 1 amide bonds. The lowest BCUT2D eigenvalue weighted by Gasteiger charge is -2.24. The van der Waals surface area contributed by atoms with Gasteiger partial charge in [-0.3, -0.25) is 14.9 Å². The van der Waals surface area contributed by atoms with Gasteiger partial charge >= 0.3 is 5.69 Å². The standard InChI is InChI=1S/C13H17ClN2O4/c1-4-20-13(2,3)8-15-12(17)9-6-5-7-10(14)11(9)16(18)19/h5-7H,4,8H2,1-3H3,(H,15,17). The van der Waals surface area contributed by atoms with Crippen molar-refractivity contribution in [2.45, 2.75) is 26.4 Å². The number of carbonyl (C=O) groups is 1. The molecule has 1 aromatic rings. The Morgan fingerprint density at radius 1 is 1.50 bits per heavy atom. The molecule has 110 valence electrons. The van der Waals surface area contributed by atoms with Gasteiger partial charge in [0.15, 0.2) is 0 Å². The predicted octanol–water partition coefficient (Wildman–Crippen LogP) is 2.79. The minimum Gasteiger partial charge on any atom is -0.374 e. The van der Waals surface area contributed by atoms with Crippen molar-refractivity contribution in [3.05, 3.63) is 38.9 Å². The molecule has 7 heteroatoms. The van der Waals surface area contributed by atoms with Crippen molar-refractivity contribution in [3.8, 4) is 0 Å².